The van der Waals surface area contributed by atoms with Gasteiger partial charge in [0.05, 0.1) is 0 Å². The Bertz CT molecular complexity index is 222. The zero-order valence-electron chi connectivity index (χ0n) is 13.8. The molecule has 0 aromatic rings. The van der Waals surface area contributed by atoms with Crippen LogP contribution in [0.15, 0.2) is 0 Å². The van der Waals surface area contributed by atoms with Crippen LogP contribution >= 0.6 is 0 Å². The van der Waals surface area contributed by atoms with Gasteiger partial charge in [-0.25, -0.2) is 0 Å². The molecule has 0 spiro atoms. The Balaban J connectivity index is -0.0000000821. The average molecular weight is 324 g/mol. The van der Waals surface area contributed by atoms with Gasteiger partial charge in [0.25, 0.3) is 0 Å². The molecule has 0 aliphatic heterocycles. The van der Waals surface area contributed by atoms with Crippen LogP contribution in [-0.4, -0.2) is 17.5 Å². The fraction of sp³-hybridized carbons (Fsp3) is 0.917. The van der Waals surface area contributed by atoms with Crippen molar-refractivity contribution >= 4 is 10.4 Å². The molecule has 0 aromatic carbocycles. The van der Waals surface area contributed by atoms with E-state index >= 15 is 0 Å². The second-order valence-electron chi connectivity index (χ2n) is 4.09. The molecule has 0 heterocycles. The summed E-state index contributed by atoms with van der Waals surface area (Å²) in [7, 11) is -5.17. The molecule has 0 fully saturated rings. The van der Waals surface area contributed by atoms with Crippen molar-refractivity contribution in [2.45, 2.75) is 71.1 Å². The maximum absolute atomic E-state index is 8.52. The van der Waals surface area contributed by atoms with Crippen LogP contribution < -0.4 is 41.9 Å². The first-order chi connectivity index (χ1) is 7.91. The molecule has 8 N–H and O–H groups in total. The van der Waals surface area contributed by atoms with Crippen molar-refractivity contribution < 1.29 is 47.1 Å². The van der Waals surface area contributed by atoms with Crippen molar-refractivity contribution in [3.05, 3.63) is 6.92 Å². The van der Waals surface area contributed by atoms with E-state index in [2.05, 4.69) is 13.8 Å². The van der Waals surface area contributed by atoms with Crippen LogP contribution in [0.1, 0.15) is 71.1 Å². The van der Waals surface area contributed by atoms with E-state index in [9.17, 15) is 0 Å². The Kier molecular flexibility index (Phi) is 40.5. The molecule has 122 valence electrons. The summed E-state index contributed by atoms with van der Waals surface area (Å²) in [5.41, 5.74) is 0. The van der Waals surface area contributed by atoms with Crippen molar-refractivity contribution in [1.29, 1.82) is 0 Å². The number of hydrogen-bond acceptors (Lipinski definition) is 4. The monoisotopic (exact) mass is 324 g/mol. The van der Waals surface area contributed by atoms with Crippen molar-refractivity contribution in [1.82, 2.24) is 12.3 Å². The van der Waals surface area contributed by atoms with Crippen LogP contribution in [-0.2, 0) is 10.4 Å². The molecule has 0 aliphatic rings. The third-order valence-corrected chi connectivity index (χ3v) is 2.35. The first-order valence-electron chi connectivity index (χ1n) is 6.37. The quantitative estimate of drug-likeness (QED) is 0.215. The van der Waals surface area contributed by atoms with Crippen LogP contribution in [0.2, 0.25) is 0 Å². The molecule has 0 unspecified atom stereocenters. The number of rotatable bonds is 9. The van der Waals surface area contributed by atoms with E-state index in [0.29, 0.717) is 0 Å². The maximum Gasteiger partial charge on any atom is 1.00 e. The van der Waals surface area contributed by atoms with E-state index in [1.165, 1.54) is 57.8 Å². The third-order valence-electron chi connectivity index (χ3n) is 2.35. The van der Waals surface area contributed by atoms with Gasteiger partial charge in [-0.15, -0.1) is 0 Å². The Morgan fingerprint density at radius 2 is 1.05 bits per heavy atom. The molecule has 0 bridgehead atoms. The molecule has 0 aliphatic carbocycles. The predicted octanol–water partition coefficient (Wildman–Crippen LogP) is 1.16. The molecule has 0 rings (SSSR count). The van der Waals surface area contributed by atoms with Gasteiger partial charge < -0.3 is 28.3 Å². The standard InChI is InChI=1S/C12H25.2H3N.Na.H2O4S/c1-3-5-7-9-11-12-10-8-6-4-2;;;;1-5(2,3)4/h1,3-12H2,2H3;2*1H3;;(H2,1,2,3,4)/q-1;;;+1;. The molecule has 0 amide bonds. The third kappa shape index (κ3) is 62.0. The summed E-state index contributed by atoms with van der Waals surface area (Å²) in [5.74, 6) is 0. The molecule has 0 aromatic heterocycles. The summed E-state index contributed by atoms with van der Waals surface area (Å²) in [6.07, 6.45) is 13.9. The second kappa shape index (κ2) is 24.8. The predicted molar refractivity (Wildman–Crippen MR) is 79.6 cm³/mol. The summed E-state index contributed by atoms with van der Waals surface area (Å²) >= 11 is 0. The van der Waals surface area contributed by atoms with Gasteiger partial charge in [0.1, 0.15) is 0 Å². The summed E-state index contributed by atoms with van der Waals surface area (Å²) in [6, 6.07) is 0. The van der Waals surface area contributed by atoms with Crippen molar-refractivity contribution in [2.24, 2.45) is 0 Å². The van der Waals surface area contributed by atoms with Crippen LogP contribution in [0.5, 0.6) is 0 Å². The van der Waals surface area contributed by atoms with Gasteiger partial charge in [-0.05, 0) is 0 Å². The fourth-order valence-electron chi connectivity index (χ4n) is 1.49. The zero-order chi connectivity index (χ0) is 13.6. The molecular formula is C12H33N2NaO4S. The van der Waals surface area contributed by atoms with Gasteiger partial charge >= 0.3 is 29.6 Å². The van der Waals surface area contributed by atoms with Crippen LogP contribution in [0.4, 0.5) is 0 Å². The van der Waals surface area contributed by atoms with Gasteiger partial charge in [0, 0.05) is 10.4 Å². The van der Waals surface area contributed by atoms with Crippen LogP contribution in [0.3, 0.4) is 0 Å². The fourth-order valence-corrected chi connectivity index (χ4v) is 1.49. The second-order valence-corrected chi connectivity index (χ2v) is 4.91. The first kappa shape index (κ1) is 32.7. The molecule has 20 heavy (non-hydrogen) atoms. The minimum absolute atomic E-state index is 0. The molecule has 6 nitrogen and oxygen atoms in total. The number of quaternary nitrogens is 2. The minimum atomic E-state index is -5.17. The normalized spacial score (nSPS) is 9.20. The molecular weight excluding hydrogens is 291 g/mol. The smallest absolute Gasteiger partial charge is 0.759 e. The first-order valence-corrected chi connectivity index (χ1v) is 7.71. The Morgan fingerprint density at radius 3 is 1.30 bits per heavy atom. The largest absolute Gasteiger partial charge is 1.00 e. The summed E-state index contributed by atoms with van der Waals surface area (Å²) in [6.45, 7) is 6.12. The van der Waals surface area contributed by atoms with Crippen LogP contribution in [0, 0.1) is 6.92 Å². The van der Waals surface area contributed by atoms with E-state index in [-0.39, 0.29) is 41.9 Å². The topological polar surface area (TPSA) is 153 Å². The van der Waals surface area contributed by atoms with Crippen molar-refractivity contribution in [3.63, 3.8) is 0 Å². The molecule has 0 radical (unpaired) electrons. The average Bonchev–Trinajstić information content (AvgIpc) is 2.20. The van der Waals surface area contributed by atoms with Crippen LogP contribution in [0.25, 0.3) is 0 Å². The number of unbranched alkanes of at least 4 members (excludes halogenated alkanes) is 9. The SMILES string of the molecule is O=S(=O)([O-])[O-].[CH2-]CCCCCCCCCCC.[NH4+].[NH4+].[Na+]. The van der Waals surface area contributed by atoms with E-state index in [4.69, 9.17) is 17.5 Å². The summed E-state index contributed by atoms with van der Waals surface area (Å²) in [5, 5.41) is 0. The summed E-state index contributed by atoms with van der Waals surface area (Å²) < 4.78 is 34.1. The van der Waals surface area contributed by atoms with Gasteiger partial charge in [0.15, 0.2) is 0 Å². The molecule has 0 saturated carbocycles. The van der Waals surface area contributed by atoms with Gasteiger partial charge in [-0.2, -0.15) is 6.42 Å². The minimum Gasteiger partial charge on any atom is -0.759 e. The molecule has 0 saturated heterocycles. The Labute approximate surface area is 147 Å². The Hall–Kier alpha value is 0.790. The zero-order valence-corrected chi connectivity index (χ0v) is 16.6. The van der Waals surface area contributed by atoms with Crippen molar-refractivity contribution in [3.8, 4) is 0 Å². The maximum atomic E-state index is 8.52. The molecule has 0 atom stereocenters. The molecule has 8 heteroatoms. The van der Waals surface area contributed by atoms with Crippen molar-refractivity contribution in [2.75, 3.05) is 0 Å². The van der Waals surface area contributed by atoms with E-state index in [1.807, 2.05) is 0 Å². The van der Waals surface area contributed by atoms with Gasteiger partial charge in [0.2, 0.25) is 0 Å². The van der Waals surface area contributed by atoms with Gasteiger partial charge in [-0.1, -0.05) is 64.7 Å². The van der Waals surface area contributed by atoms with Gasteiger partial charge in [-0.3, -0.25) is 8.42 Å². The van der Waals surface area contributed by atoms with E-state index in [0.717, 1.165) is 6.42 Å². The number of hydrogen-bond donors (Lipinski definition) is 2. The van der Waals surface area contributed by atoms with E-state index in [1.54, 1.807) is 0 Å². The van der Waals surface area contributed by atoms with E-state index < -0.39 is 10.4 Å². The Morgan fingerprint density at radius 1 is 0.800 bits per heavy atom. The summed E-state index contributed by atoms with van der Waals surface area (Å²) in [4.78, 5) is 0.